The highest BCUT2D eigenvalue weighted by atomic mass is 16.6. The molecule has 0 bridgehead atoms. The molecular formula is C21H23NO7. The second-order valence-electron chi connectivity index (χ2n) is 5.82. The van der Waals surface area contributed by atoms with E-state index in [4.69, 9.17) is 24.4 Å². The fourth-order valence-corrected chi connectivity index (χ4v) is 2.57. The van der Waals surface area contributed by atoms with Crippen LogP contribution in [0.2, 0.25) is 0 Å². The van der Waals surface area contributed by atoms with Gasteiger partial charge in [-0.3, -0.25) is 5.32 Å². The molecule has 2 aromatic carbocycles. The van der Waals surface area contributed by atoms with Crippen molar-refractivity contribution in [2.45, 2.75) is 12.2 Å². The van der Waals surface area contributed by atoms with E-state index in [1.165, 1.54) is 13.2 Å². The molecule has 0 saturated heterocycles. The first-order chi connectivity index (χ1) is 14.0. The maximum Gasteiger partial charge on any atom is 0.412 e. The summed E-state index contributed by atoms with van der Waals surface area (Å²) in [6.07, 6.45) is -0.452. The number of hydrogen-bond acceptors (Lipinski definition) is 6. The quantitative estimate of drug-likeness (QED) is 0.524. The number of hydrogen-bond donors (Lipinski definition) is 3. The van der Waals surface area contributed by atoms with E-state index in [1.54, 1.807) is 48.5 Å². The number of anilines is 1. The zero-order chi connectivity index (χ0) is 21.1. The van der Waals surface area contributed by atoms with Gasteiger partial charge >= 0.3 is 12.1 Å². The lowest BCUT2D eigenvalue weighted by atomic mass is 10.0. The average molecular weight is 401 g/mol. The maximum absolute atomic E-state index is 12.5. The Balaban J connectivity index is 2.32. The predicted molar refractivity (Wildman–Crippen MR) is 106 cm³/mol. The van der Waals surface area contributed by atoms with Gasteiger partial charge in [-0.1, -0.05) is 36.4 Å². The van der Waals surface area contributed by atoms with Crippen LogP contribution in [0.5, 0.6) is 5.75 Å². The highest BCUT2D eigenvalue weighted by Gasteiger charge is 2.28. The zero-order valence-corrected chi connectivity index (χ0v) is 15.9. The Bertz CT molecular complexity index is 823. The van der Waals surface area contributed by atoms with Crippen LogP contribution in [0, 0.1) is 0 Å². The Morgan fingerprint density at radius 3 is 2.45 bits per heavy atom. The predicted octanol–water partition coefficient (Wildman–Crippen LogP) is 3.00. The minimum Gasteiger partial charge on any atom is -0.491 e. The average Bonchev–Trinajstić information content (AvgIpc) is 2.72. The molecule has 0 aliphatic heterocycles. The van der Waals surface area contributed by atoms with Crippen molar-refractivity contribution < 1.29 is 34.0 Å². The molecule has 3 N–H and O–H groups in total. The van der Waals surface area contributed by atoms with Gasteiger partial charge in [0.15, 0.2) is 6.10 Å². The lowest BCUT2D eigenvalue weighted by Gasteiger charge is -2.26. The largest absolute Gasteiger partial charge is 0.491 e. The molecule has 154 valence electrons. The van der Waals surface area contributed by atoms with E-state index in [9.17, 15) is 9.59 Å². The normalized spacial score (nSPS) is 12.9. The number of aliphatic hydroxyl groups excluding tert-OH is 1. The van der Waals surface area contributed by atoms with Crippen LogP contribution in [0.25, 0.3) is 0 Å². The van der Waals surface area contributed by atoms with Crippen molar-refractivity contribution in [3.63, 3.8) is 0 Å². The van der Waals surface area contributed by atoms with Gasteiger partial charge in [0.05, 0.1) is 6.61 Å². The van der Waals surface area contributed by atoms with Crippen LogP contribution in [0.15, 0.2) is 66.7 Å². The number of methoxy groups -OCH3 is 1. The molecule has 0 saturated carbocycles. The number of carbonyl (C=O) groups is 2. The van der Waals surface area contributed by atoms with E-state index in [0.717, 1.165) is 6.08 Å². The van der Waals surface area contributed by atoms with Crippen molar-refractivity contribution in [1.29, 1.82) is 0 Å². The Morgan fingerprint density at radius 2 is 1.79 bits per heavy atom. The van der Waals surface area contributed by atoms with Crippen LogP contribution in [-0.4, -0.2) is 48.7 Å². The molecule has 2 aromatic rings. The Labute approximate surface area is 168 Å². The fraction of sp³-hybridized carbons (Fsp3) is 0.238. The van der Waals surface area contributed by atoms with Gasteiger partial charge in [-0.05, 0) is 24.3 Å². The molecule has 8 nitrogen and oxygen atoms in total. The van der Waals surface area contributed by atoms with E-state index in [0.29, 0.717) is 17.0 Å². The molecule has 0 aliphatic rings. The first-order valence-electron chi connectivity index (χ1n) is 8.84. The van der Waals surface area contributed by atoms with Gasteiger partial charge in [-0.15, -0.1) is 0 Å². The highest BCUT2D eigenvalue weighted by molar-refractivity contribution is 5.84. The van der Waals surface area contributed by atoms with Crippen molar-refractivity contribution in [3.8, 4) is 5.75 Å². The third-order valence-electron chi connectivity index (χ3n) is 3.83. The van der Waals surface area contributed by atoms with E-state index < -0.39 is 24.3 Å². The first-order valence-corrected chi connectivity index (χ1v) is 8.84. The number of amides is 1. The van der Waals surface area contributed by atoms with Crippen LogP contribution in [0.4, 0.5) is 10.5 Å². The summed E-state index contributed by atoms with van der Waals surface area (Å²) in [5.74, 6) is -0.783. The lowest BCUT2D eigenvalue weighted by molar-refractivity contribution is -0.131. The van der Waals surface area contributed by atoms with Crippen LogP contribution >= 0.6 is 0 Å². The number of ether oxygens (including phenoxy) is 3. The summed E-state index contributed by atoms with van der Waals surface area (Å²) in [7, 11) is 1.37. The molecular weight excluding hydrogens is 378 g/mol. The summed E-state index contributed by atoms with van der Waals surface area (Å²) in [6.45, 7) is -0.149. The second kappa shape index (κ2) is 11.5. The number of aliphatic hydroxyl groups is 1. The zero-order valence-electron chi connectivity index (χ0n) is 15.9. The van der Waals surface area contributed by atoms with Crippen molar-refractivity contribution in [3.05, 3.63) is 72.3 Å². The fourth-order valence-electron chi connectivity index (χ4n) is 2.57. The molecule has 0 fully saturated rings. The van der Waals surface area contributed by atoms with Gasteiger partial charge in [0.2, 0.25) is 0 Å². The summed E-state index contributed by atoms with van der Waals surface area (Å²) >= 11 is 0. The number of nitrogens with one attached hydrogen (secondary N) is 1. The molecule has 1 amide bonds. The number of carbonyl (C=O) groups excluding carboxylic acids is 1. The summed E-state index contributed by atoms with van der Waals surface area (Å²) in [4.78, 5) is 23.4. The minimum atomic E-state index is -1.16. The summed E-state index contributed by atoms with van der Waals surface area (Å²) in [5, 5.41) is 20.6. The van der Waals surface area contributed by atoms with Crippen molar-refractivity contribution in [2.75, 3.05) is 25.6 Å². The topological polar surface area (TPSA) is 114 Å². The van der Waals surface area contributed by atoms with Crippen LogP contribution in [-0.2, 0) is 14.3 Å². The molecule has 29 heavy (non-hydrogen) atoms. The van der Waals surface area contributed by atoms with E-state index in [2.05, 4.69) is 5.32 Å². The molecule has 0 radical (unpaired) electrons. The number of rotatable bonds is 10. The van der Waals surface area contributed by atoms with Crippen LogP contribution in [0.1, 0.15) is 11.7 Å². The van der Waals surface area contributed by atoms with Gasteiger partial charge < -0.3 is 24.4 Å². The number of carboxylic acid groups (broad SMARTS) is 1. The van der Waals surface area contributed by atoms with Crippen molar-refractivity contribution >= 4 is 17.7 Å². The molecule has 0 aromatic heterocycles. The third kappa shape index (κ3) is 6.95. The maximum atomic E-state index is 12.5. The smallest absolute Gasteiger partial charge is 0.412 e. The van der Waals surface area contributed by atoms with E-state index in [1.807, 2.05) is 6.07 Å². The second-order valence-corrected chi connectivity index (χ2v) is 5.82. The third-order valence-corrected chi connectivity index (χ3v) is 3.83. The van der Waals surface area contributed by atoms with E-state index in [-0.39, 0.29) is 13.2 Å². The molecule has 8 heteroatoms. The monoisotopic (exact) mass is 401 g/mol. The summed E-state index contributed by atoms with van der Waals surface area (Å²) < 4.78 is 16.5. The van der Waals surface area contributed by atoms with Crippen LogP contribution < -0.4 is 10.1 Å². The van der Waals surface area contributed by atoms with Gasteiger partial charge in [-0.2, -0.15) is 0 Å². The van der Waals surface area contributed by atoms with Gasteiger partial charge in [0.25, 0.3) is 0 Å². The molecule has 0 spiro atoms. The number of para-hydroxylation sites is 2. The molecule has 0 heterocycles. The van der Waals surface area contributed by atoms with Gasteiger partial charge in [0, 0.05) is 24.4 Å². The van der Waals surface area contributed by atoms with Crippen molar-refractivity contribution in [1.82, 2.24) is 0 Å². The Kier molecular flexibility index (Phi) is 8.68. The summed E-state index contributed by atoms with van der Waals surface area (Å²) in [6, 6.07) is 15.5. The standard InChI is InChI=1S/C21H23NO7/c1-27-18(11-12-19(24)25)20(16-9-5-6-10-17(16)28-14-13-23)29-21(26)22-15-7-3-2-4-8-15/h2-12,18,20,23H,13-14H2,1H3,(H,22,26)(H,24,25)/b12-11+/t18-,20-/m1/s1. The van der Waals surface area contributed by atoms with Gasteiger partial charge in [0.1, 0.15) is 18.5 Å². The minimum absolute atomic E-state index is 0.0442. The lowest BCUT2D eigenvalue weighted by Crippen LogP contribution is -2.27. The Hall–Kier alpha value is -3.36. The SMILES string of the molecule is CO[C@H](/C=C/C(=O)O)[C@H](OC(=O)Nc1ccccc1)c1ccccc1OCCO. The number of benzene rings is 2. The Morgan fingerprint density at radius 1 is 1.10 bits per heavy atom. The van der Waals surface area contributed by atoms with Gasteiger partial charge in [-0.25, -0.2) is 9.59 Å². The molecule has 0 aliphatic carbocycles. The molecule has 2 atom stereocenters. The van der Waals surface area contributed by atoms with E-state index >= 15 is 0 Å². The van der Waals surface area contributed by atoms with Crippen molar-refractivity contribution in [2.24, 2.45) is 0 Å². The highest BCUT2D eigenvalue weighted by Crippen LogP contribution is 2.32. The number of carboxylic acids is 1. The first kappa shape index (κ1) is 21.9. The number of aliphatic carboxylic acids is 1. The molecule has 2 rings (SSSR count). The summed E-state index contributed by atoms with van der Waals surface area (Å²) in [5.41, 5.74) is 1.00. The molecule has 0 unspecified atom stereocenters. The van der Waals surface area contributed by atoms with Crippen LogP contribution in [0.3, 0.4) is 0 Å².